The number of thioether (sulfide) groups is 1. The highest BCUT2D eigenvalue weighted by Crippen LogP contribution is 2.34. The first-order valence-electron chi connectivity index (χ1n) is 8.79. The number of benzene rings is 2. The molecular weight excluding hydrogens is 482 g/mol. The van der Waals surface area contributed by atoms with Gasteiger partial charge in [0.25, 0.3) is 5.69 Å². The van der Waals surface area contributed by atoms with Crippen molar-refractivity contribution in [2.75, 3.05) is 12.9 Å². The van der Waals surface area contributed by atoms with Crippen LogP contribution in [0.15, 0.2) is 46.3 Å². The Morgan fingerprint density at radius 2 is 2.00 bits per heavy atom. The molecule has 3 aromatic rings. The number of aliphatic imine (C=N–C) groups is 1. The maximum absolute atomic E-state index is 12.7. The number of fused-ring (bicyclic) bond motifs is 1. The lowest BCUT2D eigenvalue weighted by Crippen LogP contribution is -2.17. The number of carboxylic acid groups (broad SMARTS) is 1. The van der Waals surface area contributed by atoms with Gasteiger partial charge in [0.1, 0.15) is 21.6 Å². The fourth-order valence-electron chi connectivity index (χ4n) is 2.82. The number of ether oxygens (including phenoxy) is 1. The normalized spacial score (nSPS) is 16.0. The molecule has 2 heterocycles. The van der Waals surface area contributed by atoms with Crippen LogP contribution in [0.4, 0.5) is 5.69 Å². The second-order valence-corrected chi connectivity index (χ2v) is 9.93. The number of carboxylic acids is 1. The first kappa shape index (κ1) is 22.0. The number of nitrogens with zero attached hydrogens (tertiary/aromatic N) is 3. The quantitative estimate of drug-likeness (QED) is 0.293. The minimum absolute atomic E-state index is 0.0535. The molecule has 4 rings (SSSR count). The zero-order valence-electron chi connectivity index (χ0n) is 16.1. The van der Waals surface area contributed by atoms with E-state index in [1.807, 2.05) is 0 Å². The van der Waals surface area contributed by atoms with Gasteiger partial charge in [-0.1, -0.05) is 0 Å². The Hall–Kier alpha value is -3.23. The van der Waals surface area contributed by atoms with Gasteiger partial charge in [0.15, 0.2) is 10.9 Å². The van der Waals surface area contributed by atoms with Crippen LogP contribution in [-0.2, 0) is 14.9 Å². The molecule has 1 aliphatic heterocycles. The average molecular weight is 496 g/mol. The molecule has 0 aliphatic carbocycles. The Kier molecular flexibility index (Phi) is 5.75. The number of methoxy groups -OCH3 is 1. The number of nitro benzene ring substituents is 1. The molecule has 0 bridgehead atoms. The maximum atomic E-state index is 12.7. The molecule has 0 amide bonds. The molecule has 1 N–H and O–H groups in total. The predicted molar refractivity (Wildman–Crippen MR) is 118 cm³/mol. The Bertz CT molecular complexity index is 1380. The lowest BCUT2D eigenvalue weighted by molar-refractivity contribution is -0.388. The third-order valence-electron chi connectivity index (χ3n) is 4.32. The summed E-state index contributed by atoms with van der Waals surface area (Å²) >= 11 is 2.48. The van der Waals surface area contributed by atoms with Gasteiger partial charge in [0.2, 0.25) is 0 Å². The first-order chi connectivity index (χ1) is 15.2. The Morgan fingerprint density at radius 3 is 2.66 bits per heavy atom. The first-order valence-corrected chi connectivity index (χ1v) is 12.0. The van der Waals surface area contributed by atoms with Crippen LogP contribution < -0.4 is 8.92 Å². The molecule has 1 aromatic heterocycles. The van der Waals surface area contributed by atoms with Crippen molar-refractivity contribution in [1.29, 1.82) is 0 Å². The highest BCUT2D eigenvalue weighted by Gasteiger charge is 2.29. The molecule has 0 fully saturated rings. The van der Waals surface area contributed by atoms with E-state index >= 15 is 0 Å². The monoisotopic (exact) mass is 495 g/mol. The van der Waals surface area contributed by atoms with Crippen molar-refractivity contribution in [2.24, 2.45) is 4.99 Å². The van der Waals surface area contributed by atoms with Gasteiger partial charge >= 0.3 is 16.1 Å². The largest absolute Gasteiger partial charge is 0.497 e. The standard InChI is InChI=1S/C18H13N3O8S3/c1-28-9-3-5-15(13(6-9)21(24)25)32(26,27)29-10-2-4-11-14(7-10)31-17(19-11)16-20-12(8-30-16)18(22)23/h2-7,12H,8H2,1H3,(H,22,23). The Labute approximate surface area is 189 Å². The van der Waals surface area contributed by atoms with E-state index < -0.39 is 37.6 Å². The van der Waals surface area contributed by atoms with Crippen LogP contribution in [0.25, 0.3) is 10.2 Å². The van der Waals surface area contributed by atoms with Gasteiger partial charge in [0, 0.05) is 11.8 Å². The minimum atomic E-state index is -4.51. The van der Waals surface area contributed by atoms with Crippen LogP contribution in [0, 0.1) is 10.1 Å². The van der Waals surface area contributed by atoms with Crippen LogP contribution in [0.5, 0.6) is 11.5 Å². The zero-order chi connectivity index (χ0) is 23.0. The molecular formula is C18H13N3O8S3. The van der Waals surface area contributed by atoms with E-state index in [1.54, 1.807) is 0 Å². The van der Waals surface area contributed by atoms with E-state index in [0.29, 0.717) is 26.0 Å². The fourth-order valence-corrected chi connectivity index (χ4v) is 5.98. The molecule has 0 saturated carbocycles. The number of hydrogen-bond donors (Lipinski definition) is 1. The molecule has 1 atom stereocenters. The van der Waals surface area contributed by atoms with E-state index in [4.69, 9.17) is 14.0 Å². The lowest BCUT2D eigenvalue weighted by Gasteiger charge is -2.08. The summed E-state index contributed by atoms with van der Waals surface area (Å²) in [4.78, 5) is 29.5. The molecule has 0 radical (unpaired) electrons. The molecule has 2 aromatic carbocycles. The molecule has 14 heteroatoms. The summed E-state index contributed by atoms with van der Waals surface area (Å²) in [6.07, 6.45) is 0. The highest BCUT2D eigenvalue weighted by atomic mass is 32.2. The summed E-state index contributed by atoms with van der Waals surface area (Å²) < 4.78 is 36.1. The number of rotatable bonds is 7. The molecule has 166 valence electrons. The van der Waals surface area contributed by atoms with Crippen molar-refractivity contribution in [3.05, 3.63) is 51.5 Å². The molecule has 1 aliphatic rings. The summed E-state index contributed by atoms with van der Waals surface area (Å²) in [7, 11) is -3.21. The number of aliphatic carboxylic acids is 1. The molecule has 32 heavy (non-hydrogen) atoms. The summed E-state index contributed by atoms with van der Waals surface area (Å²) in [6, 6.07) is 6.86. The number of carbonyl (C=O) groups is 1. The van der Waals surface area contributed by atoms with Gasteiger partial charge in [-0.25, -0.2) is 9.78 Å². The van der Waals surface area contributed by atoms with Gasteiger partial charge < -0.3 is 14.0 Å². The van der Waals surface area contributed by atoms with Crippen molar-refractivity contribution in [2.45, 2.75) is 10.9 Å². The smallest absolute Gasteiger partial charge is 0.346 e. The van der Waals surface area contributed by atoms with Crippen LogP contribution in [0.2, 0.25) is 0 Å². The van der Waals surface area contributed by atoms with Crippen LogP contribution in [0.3, 0.4) is 0 Å². The SMILES string of the molecule is COc1ccc(S(=O)(=O)Oc2ccc3nc(C4=NC(C(=O)O)CS4)sc3c2)c([N+](=O)[O-])c1. The second kappa shape index (κ2) is 8.37. The van der Waals surface area contributed by atoms with Crippen molar-refractivity contribution in [3.63, 3.8) is 0 Å². The number of nitro groups is 1. The zero-order valence-corrected chi connectivity index (χ0v) is 18.6. The van der Waals surface area contributed by atoms with Crippen molar-refractivity contribution in [1.82, 2.24) is 4.98 Å². The lowest BCUT2D eigenvalue weighted by atomic mass is 10.3. The topological polar surface area (TPSA) is 158 Å². The fraction of sp³-hybridized carbons (Fsp3) is 0.167. The molecule has 0 spiro atoms. The third kappa shape index (κ3) is 4.24. The van der Waals surface area contributed by atoms with E-state index in [2.05, 4.69) is 9.98 Å². The number of aromatic nitrogens is 1. The summed E-state index contributed by atoms with van der Waals surface area (Å²) in [6.45, 7) is 0. The minimum Gasteiger partial charge on any atom is -0.497 e. The summed E-state index contributed by atoms with van der Waals surface area (Å²) in [5, 5.41) is 21.4. The molecule has 11 nitrogen and oxygen atoms in total. The van der Waals surface area contributed by atoms with Gasteiger partial charge in [-0.2, -0.15) is 8.42 Å². The highest BCUT2D eigenvalue weighted by molar-refractivity contribution is 8.15. The van der Waals surface area contributed by atoms with Gasteiger partial charge in [-0.3, -0.25) is 15.1 Å². The van der Waals surface area contributed by atoms with Crippen molar-refractivity contribution in [3.8, 4) is 11.5 Å². The maximum Gasteiger partial charge on any atom is 0.346 e. The van der Waals surface area contributed by atoms with Gasteiger partial charge in [0.05, 0.1) is 28.3 Å². The summed E-state index contributed by atoms with van der Waals surface area (Å²) in [5.74, 6) is -0.620. The summed E-state index contributed by atoms with van der Waals surface area (Å²) in [5.41, 5.74) is -0.123. The number of thiazole rings is 1. The Balaban J connectivity index is 1.64. The number of hydrogen-bond acceptors (Lipinski definition) is 11. The third-order valence-corrected chi connectivity index (χ3v) is 7.82. The van der Waals surface area contributed by atoms with Gasteiger partial charge in [-0.15, -0.1) is 23.1 Å². The molecule has 1 unspecified atom stereocenters. The Morgan fingerprint density at radius 1 is 1.25 bits per heavy atom. The van der Waals surface area contributed by atoms with Crippen molar-refractivity contribution < 1.29 is 32.2 Å². The van der Waals surface area contributed by atoms with E-state index in [1.165, 1.54) is 54.5 Å². The van der Waals surface area contributed by atoms with E-state index in [0.717, 1.165) is 12.1 Å². The van der Waals surface area contributed by atoms with Crippen LogP contribution >= 0.6 is 23.1 Å². The molecule has 0 saturated heterocycles. The van der Waals surface area contributed by atoms with E-state index in [-0.39, 0.29) is 11.5 Å². The average Bonchev–Trinajstić information content (AvgIpc) is 3.39. The second-order valence-electron chi connectivity index (χ2n) is 6.38. The van der Waals surface area contributed by atoms with Crippen molar-refractivity contribution >= 4 is 60.1 Å². The van der Waals surface area contributed by atoms with Crippen LogP contribution in [0.1, 0.15) is 5.01 Å². The van der Waals surface area contributed by atoms with Gasteiger partial charge in [-0.05, 0) is 24.3 Å². The van der Waals surface area contributed by atoms with Crippen LogP contribution in [-0.4, -0.2) is 53.3 Å². The predicted octanol–water partition coefficient (Wildman–Crippen LogP) is 2.93. The van der Waals surface area contributed by atoms with E-state index in [9.17, 15) is 23.3 Å².